The first-order chi connectivity index (χ1) is 15.5. The topological polar surface area (TPSA) is 57.2 Å². The Balaban J connectivity index is 1.83. The molecule has 0 bridgehead atoms. The molecular weight excluding hydrogens is 416 g/mol. The van der Waals surface area contributed by atoms with E-state index in [4.69, 9.17) is 18.9 Å². The van der Waals surface area contributed by atoms with Crippen LogP contribution in [-0.2, 0) is 10.8 Å². The number of rotatable bonds is 2. The van der Waals surface area contributed by atoms with E-state index in [2.05, 4.69) is 47.6 Å². The molecule has 1 N–H and O–H groups in total. The Morgan fingerprint density at radius 3 is 1.36 bits per heavy atom. The number of phenolic OH excluding ortho intramolecular Hbond substituents is 1. The van der Waals surface area contributed by atoms with E-state index in [-0.39, 0.29) is 30.2 Å². The molecule has 5 nitrogen and oxygen atoms in total. The van der Waals surface area contributed by atoms with E-state index in [9.17, 15) is 5.11 Å². The lowest BCUT2D eigenvalue weighted by Crippen LogP contribution is -2.19. The van der Waals surface area contributed by atoms with Crippen molar-refractivity contribution in [1.82, 2.24) is 0 Å². The SMILES string of the molecule is CC(C)(C)c1cc(C(C)(C)C)c(-c2ccc3c(c2)OCO3)c(O)c1-c1ccc2c(c1)OCO2. The highest BCUT2D eigenvalue weighted by Crippen LogP contribution is 2.51. The molecule has 0 spiro atoms. The van der Waals surface area contributed by atoms with Crippen LogP contribution in [0.25, 0.3) is 22.3 Å². The first-order valence-electron chi connectivity index (χ1n) is 11.2. The van der Waals surface area contributed by atoms with Crippen molar-refractivity contribution >= 4 is 0 Å². The Labute approximate surface area is 194 Å². The molecule has 33 heavy (non-hydrogen) atoms. The third kappa shape index (κ3) is 3.65. The zero-order valence-electron chi connectivity index (χ0n) is 20.0. The van der Waals surface area contributed by atoms with Gasteiger partial charge in [0.25, 0.3) is 0 Å². The summed E-state index contributed by atoms with van der Waals surface area (Å²) in [4.78, 5) is 0. The molecule has 0 radical (unpaired) electrons. The van der Waals surface area contributed by atoms with Gasteiger partial charge in [-0.15, -0.1) is 0 Å². The number of aromatic hydroxyl groups is 1. The molecular formula is C28H30O5. The van der Waals surface area contributed by atoms with Crippen molar-refractivity contribution in [2.24, 2.45) is 0 Å². The lowest BCUT2D eigenvalue weighted by Gasteiger charge is -2.31. The molecule has 0 unspecified atom stereocenters. The molecule has 0 saturated carbocycles. The third-order valence-electron chi connectivity index (χ3n) is 6.24. The summed E-state index contributed by atoms with van der Waals surface area (Å²) in [5.41, 5.74) is 5.16. The van der Waals surface area contributed by atoms with E-state index < -0.39 is 0 Å². The van der Waals surface area contributed by atoms with Crippen molar-refractivity contribution in [2.75, 3.05) is 13.6 Å². The molecule has 2 heterocycles. The van der Waals surface area contributed by atoms with Crippen molar-refractivity contribution in [2.45, 2.75) is 52.4 Å². The second-order valence-corrected chi connectivity index (χ2v) is 10.7. The van der Waals surface area contributed by atoms with Crippen molar-refractivity contribution in [3.05, 3.63) is 53.6 Å². The minimum absolute atomic E-state index is 0.198. The normalized spacial score (nSPS) is 14.6. The average molecular weight is 447 g/mol. The van der Waals surface area contributed by atoms with Gasteiger partial charge in [-0.1, -0.05) is 59.7 Å². The van der Waals surface area contributed by atoms with Crippen molar-refractivity contribution in [3.8, 4) is 51.0 Å². The van der Waals surface area contributed by atoms with Crippen molar-refractivity contribution < 1.29 is 24.1 Å². The van der Waals surface area contributed by atoms with Gasteiger partial charge in [0.05, 0.1) is 0 Å². The van der Waals surface area contributed by atoms with E-state index >= 15 is 0 Å². The van der Waals surface area contributed by atoms with Crippen LogP contribution in [0.3, 0.4) is 0 Å². The van der Waals surface area contributed by atoms with E-state index in [0.29, 0.717) is 11.5 Å². The molecule has 5 rings (SSSR count). The highest BCUT2D eigenvalue weighted by molar-refractivity contribution is 5.89. The molecule has 0 amide bonds. The van der Waals surface area contributed by atoms with Crippen molar-refractivity contribution in [3.63, 3.8) is 0 Å². The molecule has 0 aromatic heterocycles. The van der Waals surface area contributed by atoms with Gasteiger partial charge >= 0.3 is 0 Å². The summed E-state index contributed by atoms with van der Waals surface area (Å²) in [5, 5.41) is 11.9. The fraction of sp³-hybridized carbons (Fsp3) is 0.357. The van der Waals surface area contributed by atoms with Gasteiger partial charge in [-0.3, -0.25) is 0 Å². The first-order valence-corrected chi connectivity index (χ1v) is 11.2. The van der Waals surface area contributed by atoms with Crippen molar-refractivity contribution in [1.29, 1.82) is 0 Å². The minimum atomic E-state index is -0.198. The second kappa shape index (κ2) is 7.34. The largest absolute Gasteiger partial charge is 0.507 e. The van der Waals surface area contributed by atoms with Gasteiger partial charge in [0, 0.05) is 11.1 Å². The van der Waals surface area contributed by atoms with Crippen LogP contribution in [0.2, 0.25) is 0 Å². The average Bonchev–Trinajstić information content (AvgIpc) is 3.39. The molecule has 0 fully saturated rings. The van der Waals surface area contributed by atoms with Crippen LogP contribution in [0.4, 0.5) is 0 Å². The zero-order valence-corrected chi connectivity index (χ0v) is 20.0. The number of hydrogen-bond donors (Lipinski definition) is 1. The molecule has 2 aliphatic heterocycles. The summed E-state index contributed by atoms with van der Waals surface area (Å²) in [7, 11) is 0. The number of hydrogen-bond acceptors (Lipinski definition) is 5. The summed E-state index contributed by atoms with van der Waals surface area (Å²) < 4.78 is 22.3. The Kier molecular flexibility index (Phi) is 4.78. The fourth-order valence-electron chi connectivity index (χ4n) is 4.54. The predicted octanol–water partition coefficient (Wildman–Crippen LogP) is 6.78. The van der Waals surface area contributed by atoms with Crippen LogP contribution in [0.15, 0.2) is 42.5 Å². The molecule has 172 valence electrons. The molecule has 3 aromatic rings. The van der Waals surface area contributed by atoms with Gasteiger partial charge in [0.2, 0.25) is 13.6 Å². The zero-order chi connectivity index (χ0) is 23.5. The standard InChI is InChI=1S/C28H30O5/c1-27(2,3)18-13-19(28(4,5)6)25(17-8-10-21-23(12-17)33-15-31-21)26(29)24(18)16-7-9-20-22(11-16)32-14-30-20/h7-13,29H,14-15H2,1-6H3. The van der Waals surface area contributed by atoms with E-state index in [0.717, 1.165) is 44.9 Å². The van der Waals surface area contributed by atoms with Crippen LogP contribution in [0, 0.1) is 0 Å². The van der Waals surface area contributed by atoms with E-state index in [1.807, 2.05) is 36.4 Å². The first kappa shape index (κ1) is 21.5. The van der Waals surface area contributed by atoms with E-state index in [1.165, 1.54) is 0 Å². The Morgan fingerprint density at radius 1 is 0.576 bits per heavy atom. The fourth-order valence-corrected chi connectivity index (χ4v) is 4.54. The maximum atomic E-state index is 11.9. The van der Waals surface area contributed by atoms with Gasteiger partial charge in [-0.05, 0) is 57.3 Å². The highest BCUT2D eigenvalue weighted by Gasteiger charge is 2.31. The number of phenols is 1. The Bertz CT molecular complexity index is 1150. The molecule has 0 atom stereocenters. The predicted molar refractivity (Wildman–Crippen MR) is 129 cm³/mol. The molecule has 5 heteroatoms. The lowest BCUT2D eigenvalue weighted by atomic mass is 9.73. The van der Waals surface area contributed by atoms with Crippen LogP contribution >= 0.6 is 0 Å². The maximum Gasteiger partial charge on any atom is 0.231 e. The van der Waals surface area contributed by atoms with E-state index in [1.54, 1.807) is 0 Å². The lowest BCUT2D eigenvalue weighted by molar-refractivity contribution is 0.173. The van der Waals surface area contributed by atoms with Crippen LogP contribution in [-0.4, -0.2) is 18.7 Å². The summed E-state index contributed by atoms with van der Waals surface area (Å²) in [5.74, 6) is 3.08. The monoisotopic (exact) mass is 446 g/mol. The van der Waals surface area contributed by atoms with Crippen LogP contribution in [0.5, 0.6) is 28.7 Å². The molecule has 0 saturated heterocycles. The van der Waals surface area contributed by atoms with Crippen LogP contribution < -0.4 is 18.9 Å². The summed E-state index contributed by atoms with van der Waals surface area (Å²) in [6.07, 6.45) is 0. The smallest absolute Gasteiger partial charge is 0.231 e. The highest BCUT2D eigenvalue weighted by atomic mass is 16.7. The number of fused-ring (bicyclic) bond motifs is 2. The summed E-state index contributed by atoms with van der Waals surface area (Å²) in [6, 6.07) is 13.9. The summed E-state index contributed by atoms with van der Waals surface area (Å²) in [6.45, 7) is 13.5. The van der Waals surface area contributed by atoms with Gasteiger partial charge < -0.3 is 24.1 Å². The van der Waals surface area contributed by atoms with Gasteiger partial charge in [-0.25, -0.2) is 0 Å². The van der Waals surface area contributed by atoms with Gasteiger partial charge in [0.1, 0.15) is 5.75 Å². The quantitative estimate of drug-likeness (QED) is 0.470. The minimum Gasteiger partial charge on any atom is -0.507 e. The number of ether oxygens (including phenoxy) is 4. The van der Waals surface area contributed by atoms with Gasteiger partial charge in [0.15, 0.2) is 23.0 Å². The Hall–Kier alpha value is -3.34. The Morgan fingerprint density at radius 2 is 0.970 bits per heavy atom. The summed E-state index contributed by atoms with van der Waals surface area (Å²) >= 11 is 0. The maximum absolute atomic E-state index is 11.9. The molecule has 0 aliphatic carbocycles. The molecule has 3 aromatic carbocycles. The van der Waals surface area contributed by atoms with Crippen LogP contribution in [0.1, 0.15) is 52.7 Å². The second-order valence-electron chi connectivity index (χ2n) is 10.7. The molecule has 2 aliphatic rings. The van der Waals surface area contributed by atoms with Gasteiger partial charge in [-0.2, -0.15) is 0 Å². The third-order valence-corrected chi connectivity index (χ3v) is 6.24. The number of benzene rings is 3.